The van der Waals surface area contributed by atoms with Crippen LogP contribution < -0.4 is 10.2 Å². The van der Waals surface area contributed by atoms with Gasteiger partial charge in [0.05, 0.1) is 30.8 Å². The van der Waals surface area contributed by atoms with Gasteiger partial charge in [-0.1, -0.05) is 0 Å². The number of aromatic nitrogens is 1. The zero-order chi connectivity index (χ0) is 13.7. The van der Waals surface area contributed by atoms with Gasteiger partial charge < -0.3 is 19.7 Å². The van der Waals surface area contributed by atoms with E-state index < -0.39 is 0 Å². The Hall–Kier alpha value is -2.01. The summed E-state index contributed by atoms with van der Waals surface area (Å²) >= 11 is 0. The normalized spacial score (nSPS) is 12.2. The highest BCUT2D eigenvalue weighted by Crippen LogP contribution is 2.19. The van der Waals surface area contributed by atoms with Gasteiger partial charge >= 0.3 is 0 Å². The molecule has 0 radical (unpaired) electrons. The number of anilines is 2. The first-order valence-corrected chi connectivity index (χ1v) is 6.28. The van der Waals surface area contributed by atoms with Gasteiger partial charge in [-0.2, -0.15) is 0 Å². The molecule has 5 nitrogen and oxygen atoms in total. The predicted octanol–water partition coefficient (Wildman–Crippen LogP) is 2.28. The molecule has 0 spiro atoms. The van der Waals surface area contributed by atoms with Gasteiger partial charge in [-0.25, -0.2) is 4.98 Å². The van der Waals surface area contributed by atoms with Crippen LogP contribution in [0.3, 0.4) is 0 Å². The SMILES string of the molecule is CC(Nc1ccc(N(C)CCO)cn1)c1ccco1. The van der Waals surface area contributed by atoms with Crippen molar-refractivity contribution in [2.45, 2.75) is 13.0 Å². The van der Waals surface area contributed by atoms with Crippen molar-refractivity contribution in [3.63, 3.8) is 0 Å². The Bertz CT molecular complexity index is 482. The van der Waals surface area contributed by atoms with Crippen molar-refractivity contribution >= 4 is 11.5 Å². The number of likely N-dealkylation sites (N-methyl/N-ethyl adjacent to an activating group) is 1. The molecule has 0 saturated heterocycles. The van der Waals surface area contributed by atoms with Gasteiger partial charge in [0.25, 0.3) is 0 Å². The molecule has 0 bridgehead atoms. The molecule has 2 aromatic heterocycles. The van der Waals surface area contributed by atoms with Crippen LogP contribution in [0.4, 0.5) is 11.5 Å². The van der Waals surface area contributed by atoms with Crippen LogP contribution >= 0.6 is 0 Å². The minimum atomic E-state index is 0.0727. The summed E-state index contributed by atoms with van der Waals surface area (Å²) in [6.45, 7) is 2.75. The number of hydrogen-bond acceptors (Lipinski definition) is 5. The summed E-state index contributed by atoms with van der Waals surface area (Å²) in [6, 6.07) is 7.76. The lowest BCUT2D eigenvalue weighted by Crippen LogP contribution is -2.21. The van der Waals surface area contributed by atoms with Crippen LogP contribution in [0.5, 0.6) is 0 Å². The van der Waals surface area contributed by atoms with Crippen molar-refractivity contribution in [3.05, 3.63) is 42.5 Å². The number of rotatable bonds is 6. The zero-order valence-corrected chi connectivity index (χ0v) is 11.2. The fourth-order valence-electron chi connectivity index (χ4n) is 1.81. The lowest BCUT2D eigenvalue weighted by molar-refractivity contribution is 0.304. The highest BCUT2D eigenvalue weighted by Gasteiger charge is 2.08. The fourth-order valence-corrected chi connectivity index (χ4v) is 1.81. The first-order chi connectivity index (χ1) is 9.20. The van der Waals surface area contributed by atoms with E-state index >= 15 is 0 Å². The summed E-state index contributed by atoms with van der Waals surface area (Å²) in [5.41, 5.74) is 0.977. The van der Waals surface area contributed by atoms with Crippen LogP contribution in [0.25, 0.3) is 0 Å². The number of aliphatic hydroxyl groups is 1. The number of hydrogen-bond donors (Lipinski definition) is 2. The van der Waals surface area contributed by atoms with E-state index in [9.17, 15) is 0 Å². The minimum absolute atomic E-state index is 0.0727. The Balaban J connectivity index is 1.99. The monoisotopic (exact) mass is 261 g/mol. The first-order valence-electron chi connectivity index (χ1n) is 6.28. The number of furan rings is 1. The van der Waals surface area contributed by atoms with Crippen LogP contribution in [0.2, 0.25) is 0 Å². The van der Waals surface area contributed by atoms with Gasteiger partial charge in [-0.05, 0) is 31.2 Å². The first kappa shape index (κ1) is 13.4. The Morgan fingerprint density at radius 2 is 2.26 bits per heavy atom. The fraction of sp³-hybridized carbons (Fsp3) is 0.357. The van der Waals surface area contributed by atoms with Gasteiger partial charge in [-0.15, -0.1) is 0 Å². The maximum absolute atomic E-state index is 8.89. The molecule has 0 saturated carbocycles. The summed E-state index contributed by atoms with van der Waals surface area (Å²) < 4.78 is 5.34. The molecule has 2 N–H and O–H groups in total. The largest absolute Gasteiger partial charge is 0.467 e. The highest BCUT2D eigenvalue weighted by atomic mass is 16.3. The highest BCUT2D eigenvalue weighted by molar-refractivity contribution is 5.49. The average Bonchev–Trinajstić information content (AvgIpc) is 2.94. The Labute approximate surface area is 112 Å². The molecule has 2 heterocycles. The van der Waals surface area contributed by atoms with E-state index in [2.05, 4.69) is 10.3 Å². The minimum Gasteiger partial charge on any atom is -0.467 e. The molecular formula is C14H19N3O2. The molecule has 0 aliphatic rings. The van der Waals surface area contributed by atoms with E-state index in [-0.39, 0.29) is 12.6 Å². The number of nitrogens with zero attached hydrogens (tertiary/aromatic N) is 2. The molecule has 0 aliphatic carbocycles. The zero-order valence-electron chi connectivity index (χ0n) is 11.2. The van der Waals surface area contributed by atoms with Crippen LogP contribution in [0, 0.1) is 0 Å². The van der Waals surface area contributed by atoms with Gasteiger partial charge in [0, 0.05) is 13.6 Å². The molecule has 0 aromatic carbocycles. The molecule has 1 unspecified atom stereocenters. The molecule has 102 valence electrons. The Morgan fingerprint density at radius 1 is 1.42 bits per heavy atom. The van der Waals surface area contributed by atoms with Crippen LogP contribution in [0.1, 0.15) is 18.7 Å². The Morgan fingerprint density at radius 3 is 2.84 bits per heavy atom. The van der Waals surface area contributed by atoms with Gasteiger partial charge in [-0.3, -0.25) is 0 Å². The van der Waals surface area contributed by atoms with Gasteiger partial charge in [0.2, 0.25) is 0 Å². The molecular weight excluding hydrogens is 242 g/mol. The number of pyridine rings is 1. The average molecular weight is 261 g/mol. The molecule has 19 heavy (non-hydrogen) atoms. The van der Waals surface area contributed by atoms with E-state index in [0.29, 0.717) is 6.54 Å². The van der Waals surface area contributed by atoms with E-state index in [0.717, 1.165) is 17.3 Å². The second-order valence-electron chi connectivity index (χ2n) is 4.43. The third-order valence-corrected chi connectivity index (χ3v) is 2.96. The lowest BCUT2D eigenvalue weighted by atomic mass is 10.2. The maximum Gasteiger partial charge on any atom is 0.126 e. The Kier molecular flexibility index (Phi) is 4.41. The summed E-state index contributed by atoms with van der Waals surface area (Å²) in [7, 11) is 1.92. The van der Waals surface area contributed by atoms with Gasteiger partial charge in [0.1, 0.15) is 11.6 Å². The van der Waals surface area contributed by atoms with E-state index in [4.69, 9.17) is 9.52 Å². The van der Waals surface area contributed by atoms with Crippen molar-refractivity contribution in [2.75, 3.05) is 30.4 Å². The number of nitrogens with one attached hydrogen (secondary N) is 1. The molecule has 0 fully saturated rings. The predicted molar refractivity (Wildman–Crippen MR) is 75.3 cm³/mol. The second kappa shape index (κ2) is 6.24. The molecule has 0 aliphatic heterocycles. The summed E-state index contributed by atoms with van der Waals surface area (Å²) in [4.78, 5) is 6.31. The summed E-state index contributed by atoms with van der Waals surface area (Å²) in [6.07, 6.45) is 3.45. The smallest absolute Gasteiger partial charge is 0.126 e. The van der Waals surface area contributed by atoms with Crippen molar-refractivity contribution in [2.24, 2.45) is 0 Å². The maximum atomic E-state index is 8.89. The molecule has 5 heteroatoms. The van der Waals surface area contributed by atoms with E-state index in [1.165, 1.54) is 0 Å². The van der Waals surface area contributed by atoms with E-state index in [1.54, 1.807) is 12.5 Å². The van der Waals surface area contributed by atoms with E-state index in [1.807, 2.05) is 43.1 Å². The molecule has 2 rings (SSSR count). The van der Waals surface area contributed by atoms with Crippen molar-refractivity contribution in [1.82, 2.24) is 4.98 Å². The third kappa shape index (κ3) is 3.48. The second-order valence-corrected chi connectivity index (χ2v) is 4.43. The molecule has 2 aromatic rings. The van der Waals surface area contributed by atoms with Crippen molar-refractivity contribution in [1.29, 1.82) is 0 Å². The van der Waals surface area contributed by atoms with Crippen LogP contribution in [-0.2, 0) is 0 Å². The van der Waals surface area contributed by atoms with Crippen LogP contribution in [0.15, 0.2) is 41.1 Å². The molecule has 0 amide bonds. The molecule has 1 atom stereocenters. The standard InChI is InChI=1S/C14H19N3O2/c1-11(13-4-3-9-19-13)16-14-6-5-12(10-15-14)17(2)7-8-18/h3-6,9-11,18H,7-8H2,1-2H3,(H,15,16). The quantitative estimate of drug-likeness (QED) is 0.835. The van der Waals surface area contributed by atoms with Crippen LogP contribution in [-0.4, -0.2) is 30.3 Å². The third-order valence-electron chi connectivity index (χ3n) is 2.96. The topological polar surface area (TPSA) is 61.5 Å². The van der Waals surface area contributed by atoms with Crippen molar-refractivity contribution in [3.8, 4) is 0 Å². The summed E-state index contributed by atoms with van der Waals surface area (Å²) in [5, 5.41) is 12.2. The lowest BCUT2D eigenvalue weighted by Gasteiger charge is -2.18. The van der Waals surface area contributed by atoms with Crippen molar-refractivity contribution < 1.29 is 9.52 Å². The summed E-state index contributed by atoms with van der Waals surface area (Å²) in [5.74, 6) is 1.67. The van der Waals surface area contributed by atoms with Gasteiger partial charge in [0.15, 0.2) is 0 Å². The number of aliphatic hydroxyl groups excluding tert-OH is 1.